The molecular weight excluding hydrogens is 246 g/mol. The Morgan fingerprint density at radius 3 is 2.50 bits per heavy atom. The van der Waals surface area contributed by atoms with Crippen LogP contribution in [-0.4, -0.2) is 10.9 Å². The number of thiazole rings is 1. The second-order valence-electron chi connectivity index (χ2n) is 4.04. The van der Waals surface area contributed by atoms with Gasteiger partial charge in [-0.3, -0.25) is 4.79 Å². The minimum absolute atomic E-state index is 0.0634. The second-order valence-corrected chi connectivity index (χ2v) is 4.76. The first kappa shape index (κ1) is 12.6. The fourth-order valence-corrected chi connectivity index (χ4v) is 2.26. The summed E-state index contributed by atoms with van der Waals surface area (Å²) in [6.07, 6.45) is 0. The van der Waals surface area contributed by atoms with Crippen LogP contribution >= 0.6 is 11.3 Å². The van der Waals surface area contributed by atoms with E-state index >= 15 is 0 Å². The number of hydrogen-bond acceptors (Lipinski definition) is 4. The number of hydrogen-bond donors (Lipinski definition) is 2. The van der Waals surface area contributed by atoms with Crippen molar-refractivity contribution in [2.45, 2.75) is 19.9 Å². The van der Waals surface area contributed by atoms with Crippen LogP contribution < -0.4 is 10.6 Å². The molecule has 94 valence electrons. The highest BCUT2D eigenvalue weighted by molar-refractivity contribution is 7.07. The fourth-order valence-electron chi connectivity index (χ4n) is 1.61. The maximum Gasteiger partial charge on any atom is 0.221 e. The van der Waals surface area contributed by atoms with Crippen LogP contribution in [0, 0.1) is 0 Å². The SMILES string of the molecule is CC(=O)Nc1ccc(NC(C)c2cscn2)cc1. The van der Waals surface area contributed by atoms with Gasteiger partial charge in [0, 0.05) is 23.7 Å². The minimum Gasteiger partial charge on any atom is -0.377 e. The van der Waals surface area contributed by atoms with Crippen molar-refractivity contribution in [1.29, 1.82) is 0 Å². The third-order valence-electron chi connectivity index (χ3n) is 2.48. The highest BCUT2D eigenvalue weighted by Crippen LogP contribution is 2.20. The van der Waals surface area contributed by atoms with E-state index in [0.29, 0.717) is 0 Å². The Bertz CT molecular complexity index is 508. The molecule has 0 bridgehead atoms. The molecule has 4 nitrogen and oxygen atoms in total. The smallest absolute Gasteiger partial charge is 0.221 e. The van der Waals surface area contributed by atoms with E-state index in [0.717, 1.165) is 17.1 Å². The van der Waals surface area contributed by atoms with Crippen molar-refractivity contribution in [3.8, 4) is 0 Å². The maximum absolute atomic E-state index is 10.9. The number of aromatic nitrogens is 1. The number of carbonyl (C=O) groups excluding carboxylic acids is 1. The summed E-state index contributed by atoms with van der Waals surface area (Å²) in [5.41, 5.74) is 4.66. The average Bonchev–Trinajstić information content (AvgIpc) is 2.84. The van der Waals surface area contributed by atoms with Crippen molar-refractivity contribution in [3.63, 3.8) is 0 Å². The molecule has 2 rings (SSSR count). The predicted octanol–water partition coefficient (Wildman–Crippen LogP) is 3.27. The summed E-state index contributed by atoms with van der Waals surface area (Å²) in [6, 6.07) is 7.79. The van der Waals surface area contributed by atoms with E-state index < -0.39 is 0 Å². The van der Waals surface area contributed by atoms with Crippen molar-refractivity contribution >= 4 is 28.6 Å². The van der Waals surface area contributed by atoms with Gasteiger partial charge in [0.25, 0.3) is 0 Å². The normalized spacial score (nSPS) is 11.9. The highest BCUT2D eigenvalue weighted by atomic mass is 32.1. The van der Waals surface area contributed by atoms with Crippen molar-refractivity contribution in [3.05, 3.63) is 40.8 Å². The fraction of sp³-hybridized carbons (Fsp3) is 0.231. The molecular formula is C13H15N3OS. The van der Waals surface area contributed by atoms with E-state index in [1.807, 2.05) is 35.2 Å². The lowest BCUT2D eigenvalue weighted by Crippen LogP contribution is -2.08. The molecule has 1 heterocycles. The molecule has 0 aliphatic carbocycles. The van der Waals surface area contributed by atoms with Gasteiger partial charge in [0.2, 0.25) is 5.91 Å². The Kier molecular flexibility index (Phi) is 3.94. The molecule has 1 unspecified atom stereocenters. The summed E-state index contributed by atoms with van der Waals surface area (Å²) in [5.74, 6) is -0.0634. The molecule has 0 aliphatic rings. The molecule has 1 aromatic heterocycles. The Labute approximate surface area is 110 Å². The summed E-state index contributed by atoms with van der Waals surface area (Å²) in [6.45, 7) is 3.56. The number of anilines is 2. The zero-order valence-electron chi connectivity index (χ0n) is 10.3. The zero-order chi connectivity index (χ0) is 13.0. The highest BCUT2D eigenvalue weighted by Gasteiger charge is 2.06. The Hall–Kier alpha value is -1.88. The standard InChI is InChI=1S/C13H15N3OS/c1-9(13-7-18-8-14-13)15-11-3-5-12(6-4-11)16-10(2)17/h3-9,15H,1-2H3,(H,16,17). The van der Waals surface area contributed by atoms with Gasteiger partial charge < -0.3 is 10.6 Å². The molecule has 18 heavy (non-hydrogen) atoms. The van der Waals surface area contributed by atoms with E-state index in [2.05, 4.69) is 22.5 Å². The molecule has 1 aromatic carbocycles. The van der Waals surface area contributed by atoms with Crippen LogP contribution in [0.3, 0.4) is 0 Å². The maximum atomic E-state index is 10.9. The number of nitrogens with one attached hydrogen (secondary N) is 2. The monoisotopic (exact) mass is 261 g/mol. The number of benzene rings is 1. The number of carbonyl (C=O) groups is 1. The largest absolute Gasteiger partial charge is 0.377 e. The van der Waals surface area contributed by atoms with Gasteiger partial charge in [-0.2, -0.15) is 0 Å². The Balaban J connectivity index is 2.00. The van der Waals surface area contributed by atoms with Gasteiger partial charge in [0.05, 0.1) is 17.2 Å². The first-order valence-electron chi connectivity index (χ1n) is 5.67. The van der Waals surface area contributed by atoms with E-state index in [4.69, 9.17) is 0 Å². The van der Waals surface area contributed by atoms with E-state index in [-0.39, 0.29) is 11.9 Å². The van der Waals surface area contributed by atoms with Crippen LogP contribution in [0.2, 0.25) is 0 Å². The lowest BCUT2D eigenvalue weighted by atomic mass is 10.2. The average molecular weight is 261 g/mol. The predicted molar refractivity (Wildman–Crippen MR) is 74.9 cm³/mol. The molecule has 0 saturated heterocycles. The van der Waals surface area contributed by atoms with Crippen LogP contribution in [0.5, 0.6) is 0 Å². The van der Waals surface area contributed by atoms with Crippen LogP contribution in [0.1, 0.15) is 25.6 Å². The summed E-state index contributed by atoms with van der Waals surface area (Å²) in [5, 5.41) is 8.12. The van der Waals surface area contributed by atoms with Gasteiger partial charge in [-0.25, -0.2) is 4.98 Å². The van der Waals surface area contributed by atoms with Crippen molar-refractivity contribution in [1.82, 2.24) is 4.98 Å². The van der Waals surface area contributed by atoms with Gasteiger partial charge in [0.15, 0.2) is 0 Å². The lowest BCUT2D eigenvalue weighted by Gasteiger charge is -2.13. The topological polar surface area (TPSA) is 54.0 Å². The summed E-state index contributed by atoms with van der Waals surface area (Å²) < 4.78 is 0. The van der Waals surface area contributed by atoms with Crippen molar-refractivity contribution in [2.75, 3.05) is 10.6 Å². The number of rotatable bonds is 4. The number of nitrogens with zero attached hydrogens (tertiary/aromatic N) is 1. The van der Waals surface area contributed by atoms with Gasteiger partial charge in [-0.1, -0.05) is 0 Å². The zero-order valence-corrected chi connectivity index (χ0v) is 11.1. The summed E-state index contributed by atoms with van der Waals surface area (Å²) in [7, 11) is 0. The molecule has 0 aliphatic heterocycles. The molecule has 0 radical (unpaired) electrons. The van der Waals surface area contributed by atoms with E-state index in [1.54, 1.807) is 11.3 Å². The van der Waals surface area contributed by atoms with Crippen LogP contribution in [0.4, 0.5) is 11.4 Å². The van der Waals surface area contributed by atoms with E-state index in [9.17, 15) is 4.79 Å². The molecule has 1 amide bonds. The molecule has 5 heteroatoms. The number of amides is 1. The first-order valence-corrected chi connectivity index (χ1v) is 6.61. The summed E-state index contributed by atoms with van der Waals surface area (Å²) in [4.78, 5) is 15.2. The lowest BCUT2D eigenvalue weighted by molar-refractivity contribution is -0.114. The first-order chi connectivity index (χ1) is 8.65. The molecule has 0 fully saturated rings. The van der Waals surface area contributed by atoms with Gasteiger partial charge >= 0.3 is 0 Å². The van der Waals surface area contributed by atoms with Crippen LogP contribution in [-0.2, 0) is 4.79 Å². The molecule has 1 atom stereocenters. The van der Waals surface area contributed by atoms with E-state index in [1.165, 1.54) is 6.92 Å². The molecule has 0 saturated carbocycles. The van der Waals surface area contributed by atoms with Crippen molar-refractivity contribution in [2.24, 2.45) is 0 Å². The Morgan fingerprint density at radius 1 is 1.28 bits per heavy atom. The minimum atomic E-state index is -0.0634. The Morgan fingerprint density at radius 2 is 1.94 bits per heavy atom. The third kappa shape index (κ3) is 3.30. The van der Waals surface area contributed by atoms with Gasteiger partial charge in [-0.05, 0) is 31.2 Å². The van der Waals surface area contributed by atoms with Gasteiger partial charge in [0.1, 0.15) is 0 Å². The molecule has 2 N–H and O–H groups in total. The van der Waals surface area contributed by atoms with Crippen molar-refractivity contribution < 1.29 is 4.79 Å². The van der Waals surface area contributed by atoms with Crippen LogP contribution in [0.15, 0.2) is 35.2 Å². The molecule has 2 aromatic rings. The second kappa shape index (κ2) is 5.64. The van der Waals surface area contributed by atoms with Gasteiger partial charge in [-0.15, -0.1) is 11.3 Å². The van der Waals surface area contributed by atoms with Crippen LogP contribution in [0.25, 0.3) is 0 Å². The third-order valence-corrected chi connectivity index (χ3v) is 3.09. The quantitative estimate of drug-likeness (QED) is 0.888. The summed E-state index contributed by atoms with van der Waals surface area (Å²) >= 11 is 1.59. The molecule has 0 spiro atoms.